The maximum atomic E-state index is 13.4. The van der Waals surface area contributed by atoms with Crippen molar-refractivity contribution in [3.8, 4) is 0 Å². The number of carbonyl (C=O) groups is 1. The quantitative estimate of drug-likeness (QED) is 0.839. The maximum Gasteiger partial charge on any atom is 0.230 e. The summed E-state index contributed by atoms with van der Waals surface area (Å²) in [6.07, 6.45) is 1.21. The van der Waals surface area contributed by atoms with E-state index in [-0.39, 0.29) is 12.0 Å². The Hall–Kier alpha value is -1.57. The SMILES string of the molecule is O=C(Cc1c(F)cccc1F)Nc1ccc(I)cn1. The Bertz CT molecular complexity index is 582. The van der Waals surface area contributed by atoms with Crippen LogP contribution in [0.25, 0.3) is 0 Å². The molecule has 0 aliphatic rings. The molecule has 98 valence electrons. The molecule has 2 aromatic rings. The molecule has 0 saturated heterocycles. The third-order valence-electron chi connectivity index (χ3n) is 2.39. The normalized spacial score (nSPS) is 10.3. The van der Waals surface area contributed by atoms with Gasteiger partial charge in [0.15, 0.2) is 0 Å². The van der Waals surface area contributed by atoms with E-state index >= 15 is 0 Å². The van der Waals surface area contributed by atoms with E-state index in [0.717, 1.165) is 15.7 Å². The van der Waals surface area contributed by atoms with Crippen LogP contribution in [0.4, 0.5) is 14.6 Å². The number of benzene rings is 1. The minimum Gasteiger partial charge on any atom is -0.310 e. The van der Waals surface area contributed by atoms with Gasteiger partial charge in [0.2, 0.25) is 5.91 Å². The van der Waals surface area contributed by atoms with Crippen LogP contribution in [0.2, 0.25) is 0 Å². The monoisotopic (exact) mass is 374 g/mol. The maximum absolute atomic E-state index is 13.4. The molecule has 1 aromatic heterocycles. The third kappa shape index (κ3) is 3.69. The third-order valence-corrected chi connectivity index (χ3v) is 3.03. The molecule has 0 aliphatic carbocycles. The number of amides is 1. The summed E-state index contributed by atoms with van der Waals surface area (Å²) in [6.45, 7) is 0. The van der Waals surface area contributed by atoms with Gasteiger partial charge in [0.05, 0.1) is 6.42 Å². The second-order valence-corrected chi connectivity index (χ2v) is 5.03. The van der Waals surface area contributed by atoms with Crippen LogP contribution in [0, 0.1) is 15.2 Å². The summed E-state index contributed by atoms with van der Waals surface area (Å²) < 4.78 is 27.7. The summed E-state index contributed by atoms with van der Waals surface area (Å²) in [5.74, 6) is -1.63. The molecule has 0 radical (unpaired) electrons. The fourth-order valence-electron chi connectivity index (χ4n) is 1.50. The second kappa shape index (κ2) is 6.05. The number of rotatable bonds is 3. The molecule has 1 heterocycles. The zero-order valence-electron chi connectivity index (χ0n) is 9.66. The molecule has 0 spiro atoms. The molecule has 6 heteroatoms. The summed E-state index contributed by atoms with van der Waals surface area (Å²) in [5, 5.41) is 2.49. The van der Waals surface area contributed by atoms with E-state index in [1.54, 1.807) is 18.3 Å². The fraction of sp³-hybridized carbons (Fsp3) is 0.0769. The highest BCUT2D eigenvalue weighted by atomic mass is 127. The Labute approximate surface area is 122 Å². The predicted octanol–water partition coefficient (Wildman–Crippen LogP) is 3.15. The van der Waals surface area contributed by atoms with E-state index in [1.165, 1.54) is 6.07 Å². The number of aromatic nitrogens is 1. The summed E-state index contributed by atoms with van der Waals surface area (Å²) in [6, 6.07) is 6.89. The molecular formula is C13H9F2IN2O. The van der Waals surface area contributed by atoms with Crippen molar-refractivity contribution in [1.82, 2.24) is 4.98 Å². The molecule has 19 heavy (non-hydrogen) atoms. The van der Waals surface area contributed by atoms with Gasteiger partial charge in [-0.15, -0.1) is 0 Å². The van der Waals surface area contributed by atoms with Crippen molar-refractivity contribution < 1.29 is 13.6 Å². The van der Waals surface area contributed by atoms with E-state index in [9.17, 15) is 13.6 Å². The molecule has 1 aromatic carbocycles. The topological polar surface area (TPSA) is 42.0 Å². The van der Waals surface area contributed by atoms with E-state index in [4.69, 9.17) is 0 Å². The van der Waals surface area contributed by atoms with Crippen molar-refractivity contribution in [3.63, 3.8) is 0 Å². The minimum atomic E-state index is -0.731. The Morgan fingerprint density at radius 3 is 2.47 bits per heavy atom. The first kappa shape index (κ1) is 13.9. The molecule has 0 unspecified atom stereocenters. The van der Waals surface area contributed by atoms with Crippen LogP contribution in [0.1, 0.15) is 5.56 Å². The van der Waals surface area contributed by atoms with Gasteiger partial charge in [-0.3, -0.25) is 4.79 Å². The lowest BCUT2D eigenvalue weighted by molar-refractivity contribution is -0.115. The van der Waals surface area contributed by atoms with Gasteiger partial charge in [-0.25, -0.2) is 13.8 Å². The Kier molecular flexibility index (Phi) is 4.41. The zero-order valence-corrected chi connectivity index (χ0v) is 11.8. The van der Waals surface area contributed by atoms with Gasteiger partial charge in [0.25, 0.3) is 0 Å². The van der Waals surface area contributed by atoms with Crippen molar-refractivity contribution in [2.45, 2.75) is 6.42 Å². The van der Waals surface area contributed by atoms with Crippen LogP contribution in [0.5, 0.6) is 0 Å². The highest BCUT2D eigenvalue weighted by Crippen LogP contribution is 2.14. The van der Waals surface area contributed by atoms with E-state index in [1.807, 2.05) is 0 Å². The van der Waals surface area contributed by atoms with E-state index < -0.39 is 17.5 Å². The first-order valence-electron chi connectivity index (χ1n) is 5.40. The summed E-state index contributed by atoms with van der Waals surface area (Å²) in [4.78, 5) is 15.7. The Morgan fingerprint density at radius 1 is 1.21 bits per heavy atom. The van der Waals surface area contributed by atoms with Crippen LogP contribution in [0.15, 0.2) is 36.5 Å². The number of anilines is 1. The highest BCUT2D eigenvalue weighted by Gasteiger charge is 2.13. The summed E-state index contributed by atoms with van der Waals surface area (Å²) in [5.41, 5.74) is -0.245. The first-order chi connectivity index (χ1) is 9.06. The fourth-order valence-corrected chi connectivity index (χ4v) is 1.82. The lowest BCUT2D eigenvalue weighted by Crippen LogP contribution is -2.17. The number of carbonyl (C=O) groups excluding carboxylic acids is 1. The zero-order chi connectivity index (χ0) is 13.8. The summed E-state index contributed by atoms with van der Waals surface area (Å²) >= 11 is 2.08. The lowest BCUT2D eigenvalue weighted by atomic mass is 10.1. The first-order valence-corrected chi connectivity index (χ1v) is 6.48. The molecule has 0 aliphatic heterocycles. The smallest absolute Gasteiger partial charge is 0.230 e. The van der Waals surface area contributed by atoms with Gasteiger partial charge in [-0.05, 0) is 46.9 Å². The standard InChI is InChI=1S/C13H9F2IN2O/c14-10-2-1-3-11(15)9(10)6-13(19)18-12-5-4-8(16)7-17-12/h1-5,7H,6H2,(H,17,18,19). The minimum absolute atomic E-state index is 0.245. The Morgan fingerprint density at radius 2 is 1.89 bits per heavy atom. The van der Waals surface area contributed by atoms with Crippen molar-refractivity contribution in [3.05, 3.63) is 57.3 Å². The number of pyridine rings is 1. The van der Waals surface area contributed by atoms with Crippen LogP contribution in [-0.2, 0) is 11.2 Å². The summed E-state index contributed by atoms with van der Waals surface area (Å²) in [7, 11) is 0. The van der Waals surface area contributed by atoms with Gasteiger partial charge in [-0.1, -0.05) is 6.07 Å². The predicted molar refractivity (Wildman–Crippen MR) is 75.6 cm³/mol. The van der Waals surface area contributed by atoms with Gasteiger partial charge < -0.3 is 5.32 Å². The number of hydrogen-bond acceptors (Lipinski definition) is 2. The van der Waals surface area contributed by atoms with Gasteiger partial charge >= 0.3 is 0 Å². The van der Waals surface area contributed by atoms with Gasteiger partial charge in [0, 0.05) is 15.3 Å². The molecule has 1 amide bonds. The van der Waals surface area contributed by atoms with E-state index in [0.29, 0.717) is 5.82 Å². The molecule has 3 nitrogen and oxygen atoms in total. The largest absolute Gasteiger partial charge is 0.310 e. The molecule has 0 atom stereocenters. The van der Waals surface area contributed by atoms with Gasteiger partial charge in [-0.2, -0.15) is 0 Å². The van der Waals surface area contributed by atoms with Crippen LogP contribution in [0.3, 0.4) is 0 Å². The number of nitrogens with one attached hydrogen (secondary N) is 1. The van der Waals surface area contributed by atoms with Crippen LogP contribution < -0.4 is 5.32 Å². The molecule has 0 saturated carbocycles. The molecule has 0 bridgehead atoms. The molecular weight excluding hydrogens is 365 g/mol. The number of nitrogens with zero attached hydrogens (tertiary/aromatic N) is 1. The van der Waals surface area contributed by atoms with Crippen molar-refractivity contribution >= 4 is 34.3 Å². The lowest BCUT2D eigenvalue weighted by Gasteiger charge is -2.06. The molecule has 1 N–H and O–H groups in total. The van der Waals surface area contributed by atoms with Crippen LogP contribution in [-0.4, -0.2) is 10.9 Å². The van der Waals surface area contributed by atoms with Crippen molar-refractivity contribution in [2.75, 3.05) is 5.32 Å². The van der Waals surface area contributed by atoms with Gasteiger partial charge in [0.1, 0.15) is 17.5 Å². The van der Waals surface area contributed by atoms with E-state index in [2.05, 4.69) is 32.9 Å². The number of halogens is 3. The molecule has 0 fully saturated rings. The number of hydrogen-bond donors (Lipinski definition) is 1. The highest BCUT2D eigenvalue weighted by molar-refractivity contribution is 14.1. The molecule has 2 rings (SSSR count). The Balaban J connectivity index is 2.07. The average molecular weight is 374 g/mol. The second-order valence-electron chi connectivity index (χ2n) is 3.79. The van der Waals surface area contributed by atoms with Crippen molar-refractivity contribution in [2.24, 2.45) is 0 Å². The average Bonchev–Trinajstić information content (AvgIpc) is 2.37. The van der Waals surface area contributed by atoms with Crippen LogP contribution >= 0.6 is 22.6 Å². The van der Waals surface area contributed by atoms with Crippen molar-refractivity contribution in [1.29, 1.82) is 0 Å².